The number of aldehydes is 1. The second-order valence-corrected chi connectivity index (χ2v) is 4.81. The molecule has 0 aliphatic heterocycles. The van der Waals surface area contributed by atoms with Gasteiger partial charge in [-0.25, -0.2) is 0 Å². The third-order valence-corrected chi connectivity index (χ3v) is 3.21. The number of amides is 2. The second-order valence-electron chi connectivity index (χ2n) is 4.81. The van der Waals surface area contributed by atoms with Crippen molar-refractivity contribution in [1.82, 2.24) is 4.90 Å². The second kappa shape index (κ2) is 9.53. The number of hydrogen-bond donors (Lipinski definition) is 1. The summed E-state index contributed by atoms with van der Waals surface area (Å²) in [6.07, 6.45) is 3.41. The van der Waals surface area contributed by atoms with Crippen LogP contribution in [0.1, 0.15) is 25.8 Å². The molecule has 1 rings (SSSR count). The van der Waals surface area contributed by atoms with E-state index in [2.05, 4.69) is 5.32 Å². The van der Waals surface area contributed by atoms with E-state index in [1.165, 1.54) is 6.08 Å². The third kappa shape index (κ3) is 5.67. The Kier molecular flexibility index (Phi) is 7.70. The van der Waals surface area contributed by atoms with Gasteiger partial charge in [-0.1, -0.05) is 25.1 Å². The number of anilines is 1. The Morgan fingerprint density at radius 1 is 1.35 bits per heavy atom. The van der Waals surface area contributed by atoms with Gasteiger partial charge in [-0.3, -0.25) is 14.5 Å². The lowest BCUT2D eigenvalue weighted by molar-refractivity contribution is -0.143. The van der Waals surface area contributed by atoms with Crippen molar-refractivity contribution in [2.45, 2.75) is 26.5 Å². The van der Waals surface area contributed by atoms with Crippen LogP contribution in [0.5, 0.6) is 0 Å². The van der Waals surface area contributed by atoms with E-state index in [0.717, 1.165) is 16.2 Å². The van der Waals surface area contributed by atoms with Gasteiger partial charge in [0.2, 0.25) is 5.91 Å². The fraction of sp³-hybridized carbons (Fsp3) is 0.353. The summed E-state index contributed by atoms with van der Waals surface area (Å²) < 4.78 is 5.16. The van der Waals surface area contributed by atoms with Crippen LogP contribution in [-0.4, -0.2) is 42.9 Å². The van der Waals surface area contributed by atoms with E-state index in [-0.39, 0.29) is 25.1 Å². The standard InChI is InChI=1S/C17H22N2O4/c1-4-16(21)19(11-12-20)17(22)10-9-14-7-5-6-8-15(14)18-13(2)23-3/h5-10,12-13,18H,4,11H2,1-3H3/b10-9+. The van der Waals surface area contributed by atoms with Crippen LogP contribution in [0.15, 0.2) is 30.3 Å². The minimum atomic E-state index is -0.515. The van der Waals surface area contributed by atoms with Crippen LogP contribution >= 0.6 is 0 Å². The van der Waals surface area contributed by atoms with E-state index < -0.39 is 5.91 Å². The average Bonchev–Trinajstić information content (AvgIpc) is 2.57. The molecule has 0 bridgehead atoms. The van der Waals surface area contributed by atoms with Gasteiger partial charge in [0, 0.05) is 25.3 Å². The highest BCUT2D eigenvalue weighted by molar-refractivity contribution is 6.04. The van der Waals surface area contributed by atoms with Gasteiger partial charge in [0.05, 0.1) is 6.54 Å². The molecule has 1 unspecified atom stereocenters. The molecule has 0 saturated carbocycles. The molecule has 1 N–H and O–H groups in total. The lowest BCUT2D eigenvalue weighted by Gasteiger charge is -2.16. The van der Waals surface area contributed by atoms with Crippen molar-refractivity contribution in [3.63, 3.8) is 0 Å². The van der Waals surface area contributed by atoms with Crippen molar-refractivity contribution in [3.8, 4) is 0 Å². The Bertz CT molecular complexity index is 584. The van der Waals surface area contributed by atoms with Crippen LogP contribution in [-0.2, 0) is 19.1 Å². The zero-order chi connectivity index (χ0) is 17.2. The number of nitrogens with one attached hydrogen (secondary N) is 1. The summed E-state index contributed by atoms with van der Waals surface area (Å²) in [5.41, 5.74) is 1.58. The normalized spacial score (nSPS) is 12.0. The zero-order valence-corrected chi connectivity index (χ0v) is 13.6. The molecule has 2 amide bonds. The third-order valence-electron chi connectivity index (χ3n) is 3.21. The van der Waals surface area contributed by atoms with Crippen molar-refractivity contribution in [2.75, 3.05) is 19.0 Å². The number of carbonyl (C=O) groups is 3. The average molecular weight is 318 g/mol. The fourth-order valence-electron chi connectivity index (χ4n) is 1.88. The topological polar surface area (TPSA) is 75.7 Å². The summed E-state index contributed by atoms with van der Waals surface area (Å²) in [5, 5.41) is 3.15. The first-order chi connectivity index (χ1) is 11.0. The van der Waals surface area contributed by atoms with Crippen LogP contribution in [0, 0.1) is 0 Å². The Hall–Kier alpha value is -2.47. The molecule has 6 nitrogen and oxygen atoms in total. The summed E-state index contributed by atoms with van der Waals surface area (Å²) in [6, 6.07) is 7.40. The lowest BCUT2D eigenvalue weighted by Crippen LogP contribution is -2.36. The van der Waals surface area contributed by atoms with E-state index in [0.29, 0.717) is 6.29 Å². The number of imide groups is 1. The Balaban J connectivity index is 2.93. The van der Waals surface area contributed by atoms with E-state index in [4.69, 9.17) is 4.74 Å². The minimum absolute atomic E-state index is 0.164. The van der Waals surface area contributed by atoms with E-state index >= 15 is 0 Å². The van der Waals surface area contributed by atoms with Crippen LogP contribution in [0.2, 0.25) is 0 Å². The van der Waals surface area contributed by atoms with Crippen molar-refractivity contribution in [2.24, 2.45) is 0 Å². The van der Waals surface area contributed by atoms with Gasteiger partial charge in [0.15, 0.2) is 0 Å². The summed E-state index contributed by atoms with van der Waals surface area (Å²) in [6.45, 7) is 3.26. The number of carbonyl (C=O) groups excluding carboxylic acids is 3. The number of rotatable bonds is 8. The van der Waals surface area contributed by atoms with Crippen LogP contribution in [0.3, 0.4) is 0 Å². The summed E-state index contributed by atoms with van der Waals surface area (Å²) >= 11 is 0. The van der Waals surface area contributed by atoms with Crippen molar-refractivity contribution >= 4 is 29.9 Å². The fourth-order valence-corrected chi connectivity index (χ4v) is 1.88. The number of ether oxygens (including phenoxy) is 1. The van der Waals surface area contributed by atoms with Crippen molar-refractivity contribution in [3.05, 3.63) is 35.9 Å². The first kappa shape index (κ1) is 18.6. The molecule has 0 aromatic heterocycles. The molecule has 0 heterocycles. The minimum Gasteiger partial charge on any atom is -0.362 e. The molecule has 23 heavy (non-hydrogen) atoms. The maximum absolute atomic E-state index is 12.1. The highest BCUT2D eigenvalue weighted by Crippen LogP contribution is 2.18. The van der Waals surface area contributed by atoms with E-state index in [9.17, 15) is 14.4 Å². The largest absolute Gasteiger partial charge is 0.362 e. The van der Waals surface area contributed by atoms with Gasteiger partial charge in [-0.15, -0.1) is 0 Å². The van der Waals surface area contributed by atoms with Crippen molar-refractivity contribution < 1.29 is 19.1 Å². The van der Waals surface area contributed by atoms with Gasteiger partial charge in [-0.05, 0) is 24.6 Å². The molecule has 0 aliphatic carbocycles. The zero-order valence-electron chi connectivity index (χ0n) is 13.6. The maximum atomic E-state index is 12.1. The molecule has 1 aromatic rings. The number of benzene rings is 1. The quantitative estimate of drug-likeness (QED) is 0.451. The lowest BCUT2D eigenvalue weighted by atomic mass is 10.1. The van der Waals surface area contributed by atoms with Gasteiger partial charge < -0.3 is 14.8 Å². The molecule has 0 radical (unpaired) electrons. The Morgan fingerprint density at radius 2 is 2.04 bits per heavy atom. The smallest absolute Gasteiger partial charge is 0.253 e. The Labute approximate surface area is 136 Å². The van der Waals surface area contributed by atoms with Crippen LogP contribution in [0.4, 0.5) is 5.69 Å². The summed E-state index contributed by atoms with van der Waals surface area (Å²) in [4.78, 5) is 35.4. The molecule has 6 heteroatoms. The molecule has 1 aromatic carbocycles. The van der Waals surface area contributed by atoms with Gasteiger partial charge in [-0.2, -0.15) is 0 Å². The predicted molar refractivity (Wildman–Crippen MR) is 88.6 cm³/mol. The number of para-hydroxylation sites is 1. The predicted octanol–water partition coefficient (Wildman–Crippen LogP) is 2.07. The molecule has 0 aliphatic rings. The monoisotopic (exact) mass is 318 g/mol. The van der Waals surface area contributed by atoms with Crippen LogP contribution in [0.25, 0.3) is 6.08 Å². The van der Waals surface area contributed by atoms with Crippen molar-refractivity contribution in [1.29, 1.82) is 0 Å². The number of hydrogen-bond acceptors (Lipinski definition) is 5. The SMILES string of the molecule is CCC(=O)N(CC=O)C(=O)/C=C/c1ccccc1NC(C)OC. The van der Waals surface area contributed by atoms with Gasteiger partial charge in [0.1, 0.15) is 12.5 Å². The molecule has 0 spiro atoms. The molecule has 124 valence electrons. The molecule has 0 saturated heterocycles. The first-order valence-electron chi connectivity index (χ1n) is 7.37. The summed E-state index contributed by atoms with van der Waals surface area (Å²) in [7, 11) is 1.59. The van der Waals surface area contributed by atoms with Gasteiger partial charge in [0.25, 0.3) is 5.91 Å². The highest BCUT2D eigenvalue weighted by Gasteiger charge is 2.16. The molecule has 0 fully saturated rings. The van der Waals surface area contributed by atoms with Crippen LogP contribution < -0.4 is 5.32 Å². The highest BCUT2D eigenvalue weighted by atomic mass is 16.5. The van der Waals surface area contributed by atoms with E-state index in [1.54, 1.807) is 20.1 Å². The molecule has 1 atom stereocenters. The summed E-state index contributed by atoms with van der Waals surface area (Å²) in [5.74, 6) is -0.898. The Morgan fingerprint density at radius 3 is 2.65 bits per heavy atom. The maximum Gasteiger partial charge on any atom is 0.253 e. The molecular weight excluding hydrogens is 296 g/mol. The van der Waals surface area contributed by atoms with E-state index in [1.807, 2.05) is 31.2 Å². The molecular formula is C17H22N2O4. The first-order valence-corrected chi connectivity index (χ1v) is 7.37. The number of methoxy groups -OCH3 is 1. The van der Waals surface area contributed by atoms with Gasteiger partial charge >= 0.3 is 0 Å². The number of nitrogens with zero attached hydrogens (tertiary/aromatic N) is 1.